The smallest absolute Gasteiger partial charge is 0.277 e. The van der Waals surface area contributed by atoms with Gasteiger partial charge >= 0.3 is 0 Å². The van der Waals surface area contributed by atoms with Crippen LogP contribution in [0.25, 0.3) is 16.9 Å². The molecule has 1 saturated heterocycles. The Morgan fingerprint density at radius 2 is 1.69 bits per heavy atom. The predicted molar refractivity (Wildman–Crippen MR) is 112 cm³/mol. The lowest BCUT2D eigenvalue weighted by atomic mass is 10.1. The number of hydrogen-bond acceptors (Lipinski definition) is 5. The van der Waals surface area contributed by atoms with Crippen LogP contribution < -0.4 is 10.2 Å². The molecule has 1 aliphatic heterocycles. The molecular weight excluding hydrogens is 364 g/mol. The minimum absolute atomic E-state index is 0.276. The number of rotatable bonds is 4. The van der Waals surface area contributed by atoms with Crippen LogP contribution in [0, 0.1) is 0 Å². The van der Waals surface area contributed by atoms with Crippen LogP contribution in [0.5, 0.6) is 0 Å². The number of amides is 1. The van der Waals surface area contributed by atoms with Crippen LogP contribution in [0.2, 0.25) is 0 Å². The van der Waals surface area contributed by atoms with E-state index >= 15 is 0 Å². The lowest BCUT2D eigenvalue weighted by molar-refractivity contribution is 0.102. The second-order valence-electron chi connectivity index (χ2n) is 7.03. The molecule has 0 bridgehead atoms. The van der Waals surface area contributed by atoms with Crippen molar-refractivity contribution in [2.75, 3.05) is 23.3 Å². The Bertz CT molecular complexity index is 1150. The second-order valence-corrected chi connectivity index (χ2v) is 7.03. The average Bonchev–Trinajstić information content (AvgIpc) is 3.43. The van der Waals surface area contributed by atoms with E-state index < -0.39 is 0 Å². The summed E-state index contributed by atoms with van der Waals surface area (Å²) in [6, 6.07) is 19.1. The van der Waals surface area contributed by atoms with Gasteiger partial charge < -0.3 is 10.2 Å². The number of aromatic nitrogens is 4. The monoisotopic (exact) mass is 384 g/mol. The molecule has 0 aliphatic carbocycles. The summed E-state index contributed by atoms with van der Waals surface area (Å²) < 4.78 is 1.87. The molecule has 7 nitrogen and oxygen atoms in total. The first-order valence-electron chi connectivity index (χ1n) is 9.72. The van der Waals surface area contributed by atoms with Crippen molar-refractivity contribution in [3.63, 3.8) is 0 Å². The van der Waals surface area contributed by atoms with Gasteiger partial charge in [0, 0.05) is 24.8 Å². The Labute approximate surface area is 168 Å². The highest BCUT2D eigenvalue weighted by Crippen LogP contribution is 2.29. The van der Waals surface area contributed by atoms with Gasteiger partial charge in [0.2, 0.25) is 0 Å². The van der Waals surface area contributed by atoms with E-state index in [0.29, 0.717) is 11.5 Å². The van der Waals surface area contributed by atoms with E-state index in [4.69, 9.17) is 4.98 Å². The second kappa shape index (κ2) is 7.35. The Hall–Kier alpha value is -3.74. The molecule has 1 amide bonds. The van der Waals surface area contributed by atoms with E-state index in [-0.39, 0.29) is 11.6 Å². The molecule has 5 rings (SSSR count). The van der Waals surface area contributed by atoms with Crippen molar-refractivity contribution in [1.29, 1.82) is 0 Å². The van der Waals surface area contributed by atoms with Crippen LogP contribution in [0.1, 0.15) is 23.3 Å². The zero-order chi connectivity index (χ0) is 19.6. The first-order valence-corrected chi connectivity index (χ1v) is 9.72. The molecule has 0 saturated carbocycles. The molecule has 0 unspecified atom stereocenters. The number of imidazole rings is 1. The number of hydrogen-bond donors (Lipinski definition) is 1. The third-order valence-electron chi connectivity index (χ3n) is 5.12. The lowest BCUT2D eigenvalue weighted by Gasteiger charge is -2.15. The molecule has 0 spiro atoms. The van der Waals surface area contributed by atoms with Crippen LogP contribution in [-0.4, -0.2) is 38.6 Å². The van der Waals surface area contributed by atoms with Crippen molar-refractivity contribution < 1.29 is 4.79 Å². The quantitative estimate of drug-likeness (QED) is 0.581. The van der Waals surface area contributed by atoms with E-state index in [1.165, 1.54) is 12.8 Å². The molecule has 144 valence electrons. The van der Waals surface area contributed by atoms with E-state index in [1.807, 2.05) is 65.2 Å². The molecule has 0 atom stereocenters. The maximum Gasteiger partial charge on any atom is 0.277 e. The summed E-state index contributed by atoms with van der Waals surface area (Å²) in [4.78, 5) is 19.8. The summed E-state index contributed by atoms with van der Waals surface area (Å²) in [6.07, 6.45) is 4.22. The number of carbonyl (C=O) groups excluding carboxylic acids is 1. The fourth-order valence-electron chi connectivity index (χ4n) is 3.65. The summed E-state index contributed by atoms with van der Waals surface area (Å²) in [5.74, 6) is 1.12. The molecule has 1 aromatic carbocycles. The average molecular weight is 384 g/mol. The SMILES string of the molecule is O=C(Nc1c(-c2ccccc2)nc2ccccn12)c1ccc(N2CCCC2)nn1. The van der Waals surface area contributed by atoms with E-state index in [9.17, 15) is 4.79 Å². The van der Waals surface area contributed by atoms with Crippen molar-refractivity contribution in [3.05, 3.63) is 72.6 Å². The molecule has 1 aliphatic rings. The fraction of sp³-hybridized carbons (Fsp3) is 0.182. The van der Waals surface area contributed by atoms with Crippen LogP contribution in [0.15, 0.2) is 66.9 Å². The lowest BCUT2D eigenvalue weighted by Crippen LogP contribution is -2.21. The summed E-state index contributed by atoms with van der Waals surface area (Å²) in [6.45, 7) is 1.98. The first kappa shape index (κ1) is 17.4. The van der Waals surface area contributed by atoms with E-state index in [2.05, 4.69) is 20.4 Å². The van der Waals surface area contributed by atoms with Crippen molar-refractivity contribution in [1.82, 2.24) is 19.6 Å². The molecule has 4 heterocycles. The number of benzene rings is 1. The summed E-state index contributed by atoms with van der Waals surface area (Å²) >= 11 is 0. The van der Waals surface area contributed by atoms with Gasteiger partial charge in [0.05, 0.1) is 0 Å². The van der Waals surface area contributed by atoms with Gasteiger partial charge in [0.1, 0.15) is 17.2 Å². The molecule has 4 aromatic rings. The number of nitrogens with one attached hydrogen (secondary N) is 1. The van der Waals surface area contributed by atoms with Gasteiger partial charge in [-0.1, -0.05) is 36.4 Å². The summed E-state index contributed by atoms with van der Waals surface area (Å²) in [5.41, 5.74) is 2.68. The van der Waals surface area contributed by atoms with Gasteiger partial charge in [0.25, 0.3) is 5.91 Å². The number of nitrogens with zero attached hydrogens (tertiary/aromatic N) is 5. The van der Waals surface area contributed by atoms with Crippen molar-refractivity contribution in [2.45, 2.75) is 12.8 Å². The molecule has 1 N–H and O–H groups in total. The van der Waals surface area contributed by atoms with Gasteiger partial charge in [-0.15, -0.1) is 10.2 Å². The minimum atomic E-state index is -0.312. The highest BCUT2D eigenvalue weighted by Gasteiger charge is 2.19. The van der Waals surface area contributed by atoms with E-state index in [1.54, 1.807) is 6.07 Å². The number of pyridine rings is 1. The Morgan fingerprint density at radius 1 is 0.897 bits per heavy atom. The molecule has 0 radical (unpaired) electrons. The summed E-state index contributed by atoms with van der Waals surface area (Å²) in [7, 11) is 0. The fourth-order valence-corrected chi connectivity index (χ4v) is 3.65. The molecular formula is C22H20N6O. The first-order chi connectivity index (χ1) is 14.3. The maximum absolute atomic E-state index is 12.9. The zero-order valence-corrected chi connectivity index (χ0v) is 15.8. The zero-order valence-electron chi connectivity index (χ0n) is 15.8. The minimum Gasteiger partial charge on any atom is -0.355 e. The van der Waals surface area contributed by atoms with Crippen LogP contribution in [0.4, 0.5) is 11.6 Å². The van der Waals surface area contributed by atoms with Crippen molar-refractivity contribution in [3.8, 4) is 11.3 Å². The highest BCUT2D eigenvalue weighted by atomic mass is 16.2. The third kappa shape index (κ3) is 3.31. The van der Waals surface area contributed by atoms with Crippen LogP contribution in [0.3, 0.4) is 0 Å². The number of anilines is 2. The molecule has 3 aromatic heterocycles. The van der Waals surface area contributed by atoms with Crippen molar-refractivity contribution in [2.24, 2.45) is 0 Å². The summed E-state index contributed by atoms with van der Waals surface area (Å²) in [5, 5.41) is 11.4. The molecule has 29 heavy (non-hydrogen) atoms. The van der Waals surface area contributed by atoms with Gasteiger partial charge in [-0.05, 0) is 37.1 Å². The van der Waals surface area contributed by atoms with Gasteiger partial charge in [-0.25, -0.2) is 4.98 Å². The predicted octanol–water partition coefficient (Wildman–Crippen LogP) is 3.64. The standard InChI is InChI=1S/C22H20N6O/c29-22(17-11-12-19(26-25-17)27-13-6-7-14-27)24-21-20(16-8-2-1-3-9-16)23-18-10-4-5-15-28(18)21/h1-5,8-12,15H,6-7,13-14H2,(H,24,29). The van der Waals surface area contributed by atoms with Crippen LogP contribution >= 0.6 is 0 Å². The van der Waals surface area contributed by atoms with Gasteiger partial charge in [-0.3, -0.25) is 9.20 Å². The van der Waals surface area contributed by atoms with Gasteiger partial charge in [0.15, 0.2) is 11.5 Å². The molecule has 1 fully saturated rings. The largest absolute Gasteiger partial charge is 0.355 e. The third-order valence-corrected chi connectivity index (χ3v) is 5.12. The van der Waals surface area contributed by atoms with E-state index in [0.717, 1.165) is 30.1 Å². The normalized spacial score (nSPS) is 13.7. The topological polar surface area (TPSA) is 75.4 Å². The Balaban J connectivity index is 1.47. The van der Waals surface area contributed by atoms with Crippen LogP contribution in [-0.2, 0) is 0 Å². The number of fused-ring (bicyclic) bond motifs is 1. The molecule has 7 heteroatoms. The Morgan fingerprint density at radius 3 is 2.45 bits per heavy atom. The highest BCUT2D eigenvalue weighted by molar-refractivity contribution is 6.04. The number of carbonyl (C=O) groups is 1. The van der Waals surface area contributed by atoms with Crippen molar-refractivity contribution >= 4 is 23.2 Å². The Kier molecular flexibility index (Phi) is 4.40. The van der Waals surface area contributed by atoms with Gasteiger partial charge in [-0.2, -0.15) is 0 Å². The maximum atomic E-state index is 12.9.